The summed E-state index contributed by atoms with van der Waals surface area (Å²) in [5, 5.41) is 24.1. The van der Waals surface area contributed by atoms with Gasteiger partial charge in [-0.1, -0.05) is 18.2 Å². The largest absolute Gasteiger partial charge is 0.513 e. The average molecular weight is 1160 g/mol. The quantitative estimate of drug-likeness (QED) is 0.0120. The van der Waals surface area contributed by atoms with Crippen molar-refractivity contribution in [2.45, 2.75) is 116 Å². The second kappa shape index (κ2) is 40.5. The molecular weight excluding hydrogens is 1080 g/mol. The molecule has 0 aromatic heterocycles. The Hall–Kier alpha value is -5.71. The molecule has 29 heteroatoms. The van der Waals surface area contributed by atoms with E-state index in [4.69, 9.17) is 62.1 Å². The van der Waals surface area contributed by atoms with Gasteiger partial charge in [-0.25, -0.2) is 32.1 Å². The first-order valence-corrected chi connectivity index (χ1v) is 24.9. The Morgan fingerprint density at radius 3 is 1.31 bits per heavy atom. The Bertz CT molecular complexity index is 2070. The summed E-state index contributed by atoms with van der Waals surface area (Å²) in [6.07, 6.45) is -2.50. The highest BCUT2D eigenvalue weighted by Gasteiger charge is 2.39. The van der Waals surface area contributed by atoms with Gasteiger partial charge in [0, 0.05) is 49.3 Å². The molecule has 0 spiro atoms. The molecule has 2 aromatic rings. The van der Waals surface area contributed by atoms with Crippen LogP contribution in [0.5, 0.6) is 11.5 Å². The van der Waals surface area contributed by atoms with Crippen LogP contribution >= 0.6 is 7.75 Å². The van der Waals surface area contributed by atoms with E-state index in [1.807, 2.05) is 0 Å². The minimum atomic E-state index is -5.01. The number of carboxylic acid groups (broad SMARTS) is 1. The molecule has 0 aliphatic rings. The number of benzene rings is 2. The monoisotopic (exact) mass is 1160 g/mol. The molecule has 2 unspecified atom stereocenters. The average Bonchev–Trinajstić information content (AvgIpc) is 3.34. The molecular formula is C49H79F5N3O20P. The number of nitrogens with one attached hydrogen (secondary N) is 3. The highest BCUT2D eigenvalue weighted by molar-refractivity contribution is 7.52. The molecule has 0 saturated heterocycles. The summed E-state index contributed by atoms with van der Waals surface area (Å²) in [5.74, 6) is -16.6. The van der Waals surface area contributed by atoms with Crippen LogP contribution in [0.4, 0.5) is 31.5 Å². The Kier molecular flexibility index (Phi) is 39.7. The summed E-state index contributed by atoms with van der Waals surface area (Å²) >= 11 is 0. The lowest BCUT2D eigenvalue weighted by Gasteiger charge is -2.25. The predicted molar refractivity (Wildman–Crippen MR) is 272 cm³/mol. The molecule has 2 rings (SSSR count). The van der Waals surface area contributed by atoms with Crippen LogP contribution in [-0.2, 0) is 66.3 Å². The van der Waals surface area contributed by atoms with Crippen LogP contribution in [0.15, 0.2) is 43.5 Å². The molecule has 0 radical (unpaired) electrons. The predicted octanol–water partition coefficient (Wildman–Crippen LogP) is 7.05. The van der Waals surface area contributed by atoms with Crippen LogP contribution in [0.25, 0.3) is 0 Å². The summed E-state index contributed by atoms with van der Waals surface area (Å²) in [5.41, 5.74) is -1.23. The van der Waals surface area contributed by atoms with E-state index in [0.29, 0.717) is 19.6 Å². The number of ether oxygens (including phenoxy) is 10. The van der Waals surface area contributed by atoms with E-state index in [1.54, 1.807) is 61.8 Å². The summed E-state index contributed by atoms with van der Waals surface area (Å²) in [6.45, 7) is 21.7. The molecule has 450 valence electrons. The highest BCUT2D eigenvalue weighted by atomic mass is 31.2. The molecule has 23 nitrogen and oxygen atoms in total. The standard InChI is InChI=1S/C20H21F5NO7P.C13H25NO6.C8H15NO4.C6H14O3.C2H4/c1-11(20(27)31-13(9-29-2)10-30-3)26-34(28,32-12-7-5-4-6-8-12)33-19-17(24)15(22)14(21)16(23)18(19)25;1-9(14-12(16)20-13(2,3)4)11(15)19-10(7-17-5)8-18-6;1-5(6(10)11)9-7(12)13-8(2,3)4;1-8-4-3-6(7)5-9-2;1-2/h4-8,11,13H,9-10H2,1-3H3,(H,26,28);9-10H,7-8H2,1-6H3,(H,14,16);5H,1-4H3,(H,9,12)(H,10,11);6-7H,3-5H2,1-2H3;1-2H2/t11-,34?;9-;5-;;/m000../s1. The fourth-order valence-corrected chi connectivity index (χ4v) is 6.42. The zero-order valence-corrected chi connectivity index (χ0v) is 47.7. The number of carboxylic acids is 1. The van der Waals surface area contributed by atoms with Crippen LogP contribution in [0.1, 0.15) is 68.7 Å². The van der Waals surface area contributed by atoms with Gasteiger partial charge in [-0.15, -0.1) is 13.2 Å². The Balaban J connectivity index is -0.00000108. The number of carbonyl (C=O) groups excluding carboxylic acids is 4. The van der Waals surface area contributed by atoms with Gasteiger partial charge in [0.05, 0.1) is 39.1 Å². The number of alkyl carbamates (subject to hydrolysis) is 2. The van der Waals surface area contributed by atoms with Gasteiger partial charge in [0.1, 0.15) is 47.3 Å². The zero-order valence-electron chi connectivity index (χ0n) is 46.8. The van der Waals surface area contributed by atoms with E-state index < -0.39 is 114 Å². The normalized spacial score (nSPS) is 13.2. The third-order valence-electron chi connectivity index (χ3n) is 8.24. The SMILES string of the molecule is C=C.COCC(COC)OC(=O)[C@H](C)NC(=O)OC(C)(C)C.COCC(COC)OC(=O)[C@H](C)NP(=O)(Oc1ccccc1)Oc1c(F)c(F)c(F)c(F)c1F.COCCC(O)COC.C[C@H](NC(=O)OC(C)(C)C)C(=O)O. The lowest BCUT2D eigenvalue weighted by Crippen LogP contribution is -2.44. The van der Waals surface area contributed by atoms with E-state index in [9.17, 15) is 50.5 Å². The van der Waals surface area contributed by atoms with Gasteiger partial charge < -0.3 is 77.3 Å². The van der Waals surface area contributed by atoms with Gasteiger partial charge in [-0.2, -0.15) is 13.9 Å². The molecule has 0 fully saturated rings. The summed E-state index contributed by atoms with van der Waals surface area (Å²) < 4.78 is 141. The fourth-order valence-electron chi connectivity index (χ4n) is 4.89. The van der Waals surface area contributed by atoms with Crippen LogP contribution in [0.2, 0.25) is 0 Å². The number of hydrogen-bond acceptors (Lipinski definition) is 19. The first-order valence-electron chi connectivity index (χ1n) is 23.3. The van der Waals surface area contributed by atoms with E-state index in [-0.39, 0.29) is 38.3 Å². The van der Waals surface area contributed by atoms with Crippen molar-refractivity contribution in [2.75, 3.05) is 82.3 Å². The smallest absolute Gasteiger partial charge is 0.480 e. The van der Waals surface area contributed by atoms with E-state index in [0.717, 1.165) is 6.92 Å². The van der Waals surface area contributed by atoms with Gasteiger partial charge >= 0.3 is 37.8 Å². The number of rotatable bonds is 26. The number of carbonyl (C=O) groups is 5. The zero-order chi connectivity index (χ0) is 61.0. The summed E-state index contributed by atoms with van der Waals surface area (Å²) in [6, 6.07) is 3.72. The number of amides is 2. The minimum absolute atomic E-state index is 0.0501. The maximum absolute atomic E-state index is 14.1. The Morgan fingerprint density at radius 1 is 0.577 bits per heavy atom. The number of aliphatic hydroxyl groups excluding tert-OH is 1. The van der Waals surface area contributed by atoms with Crippen molar-refractivity contribution in [1.82, 2.24) is 15.7 Å². The van der Waals surface area contributed by atoms with Crippen molar-refractivity contribution in [3.05, 3.63) is 72.6 Å². The molecule has 2 aromatic carbocycles. The Morgan fingerprint density at radius 2 is 0.949 bits per heavy atom. The second-order valence-corrected chi connectivity index (χ2v) is 19.3. The number of esters is 2. The van der Waals surface area contributed by atoms with Gasteiger partial charge in [0.15, 0.2) is 0 Å². The molecule has 0 aliphatic carbocycles. The number of aliphatic carboxylic acids is 1. The molecule has 5 atom stereocenters. The molecule has 2 amide bonds. The third kappa shape index (κ3) is 34.9. The first-order chi connectivity index (χ1) is 36.2. The molecule has 0 saturated carbocycles. The van der Waals surface area contributed by atoms with Crippen molar-refractivity contribution < 1.29 is 117 Å². The topological polar surface area (TPSA) is 290 Å². The highest BCUT2D eigenvalue weighted by Crippen LogP contribution is 2.47. The van der Waals surface area contributed by atoms with E-state index in [2.05, 4.69) is 33.4 Å². The molecule has 78 heavy (non-hydrogen) atoms. The molecule has 5 N–H and O–H groups in total. The van der Waals surface area contributed by atoms with Crippen LogP contribution in [0, 0.1) is 29.1 Å². The van der Waals surface area contributed by atoms with Crippen LogP contribution < -0.4 is 24.8 Å². The third-order valence-corrected chi connectivity index (χ3v) is 9.81. The lowest BCUT2D eigenvalue weighted by atomic mass is 10.2. The van der Waals surface area contributed by atoms with Gasteiger partial charge in [-0.05, 0) is 80.9 Å². The second-order valence-electron chi connectivity index (χ2n) is 17.6. The fraction of sp³-hybridized carbons (Fsp3) is 0.612. The van der Waals surface area contributed by atoms with Gasteiger partial charge in [0.25, 0.3) is 0 Å². The first kappa shape index (κ1) is 76.5. The number of methoxy groups -OCH3 is 6. The molecule has 0 bridgehead atoms. The maximum Gasteiger partial charge on any atom is 0.513 e. The lowest BCUT2D eigenvalue weighted by molar-refractivity contribution is -0.157. The van der Waals surface area contributed by atoms with Crippen molar-refractivity contribution in [2.24, 2.45) is 0 Å². The molecule has 0 aliphatic heterocycles. The molecule has 0 heterocycles. The van der Waals surface area contributed by atoms with Gasteiger partial charge in [0.2, 0.25) is 34.8 Å². The summed E-state index contributed by atoms with van der Waals surface area (Å²) in [7, 11) is 3.86. The van der Waals surface area contributed by atoms with Crippen molar-refractivity contribution in [1.29, 1.82) is 0 Å². The summed E-state index contributed by atoms with van der Waals surface area (Å²) in [4.78, 5) is 57.1. The van der Waals surface area contributed by atoms with E-state index in [1.165, 1.54) is 66.6 Å². The maximum atomic E-state index is 14.1. The van der Waals surface area contributed by atoms with Crippen LogP contribution in [0.3, 0.4) is 0 Å². The van der Waals surface area contributed by atoms with Crippen molar-refractivity contribution >= 4 is 37.8 Å². The van der Waals surface area contributed by atoms with E-state index >= 15 is 0 Å². The van der Waals surface area contributed by atoms with Crippen LogP contribution in [-0.4, -0.2) is 170 Å². The van der Waals surface area contributed by atoms with Crippen molar-refractivity contribution in [3.63, 3.8) is 0 Å². The number of aliphatic hydroxyl groups is 1. The Labute approximate surface area is 452 Å². The number of hydrogen-bond donors (Lipinski definition) is 5. The minimum Gasteiger partial charge on any atom is -0.480 e. The van der Waals surface area contributed by atoms with Crippen molar-refractivity contribution in [3.8, 4) is 11.5 Å². The van der Waals surface area contributed by atoms with Gasteiger partial charge in [-0.3, -0.25) is 9.59 Å². The number of para-hydroxylation sites is 1. The number of halogens is 5.